The van der Waals surface area contributed by atoms with Crippen LogP contribution in [-0.4, -0.2) is 41.4 Å². The standard InChI is InChI=1S/C19H29NO3/c1-12(2)6-14-10-20-5-4-13-8-19(23-3)15(11-21)7-16(13)17(20)9-18(14)22/h7-8,12,14,17-18,21-22H,4-6,9-11H2,1-3H3/t14-,17-,18+/m1/s1. The molecule has 23 heavy (non-hydrogen) atoms. The van der Waals surface area contributed by atoms with E-state index in [1.807, 2.05) is 0 Å². The minimum absolute atomic E-state index is 0.0122. The summed E-state index contributed by atoms with van der Waals surface area (Å²) in [7, 11) is 1.65. The summed E-state index contributed by atoms with van der Waals surface area (Å²) in [5.74, 6) is 1.77. The van der Waals surface area contributed by atoms with E-state index in [4.69, 9.17) is 4.74 Å². The van der Waals surface area contributed by atoms with E-state index in [-0.39, 0.29) is 18.8 Å². The fourth-order valence-corrected chi connectivity index (χ4v) is 4.32. The Kier molecular flexibility index (Phi) is 4.95. The molecule has 1 aromatic carbocycles. The van der Waals surface area contributed by atoms with E-state index in [1.54, 1.807) is 7.11 Å². The Morgan fingerprint density at radius 2 is 2.13 bits per heavy atom. The van der Waals surface area contributed by atoms with Gasteiger partial charge in [0, 0.05) is 24.7 Å². The second-order valence-electron chi connectivity index (χ2n) is 7.47. The van der Waals surface area contributed by atoms with Crippen LogP contribution in [0.15, 0.2) is 12.1 Å². The molecule has 4 heteroatoms. The van der Waals surface area contributed by atoms with Crippen LogP contribution in [0.25, 0.3) is 0 Å². The van der Waals surface area contributed by atoms with Crippen LogP contribution in [0.4, 0.5) is 0 Å². The van der Waals surface area contributed by atoms with Gasteiger partial charge >= 0.3 is 0 Å². The first-order valence-corrected chi connectivity index (χ1v) is 8.76. The fraction of sp³-hybridized carbons (Fsp3) is 0.684. The van der Waals surface area contributed by atoms with Crippen molar-refractivity contribution in [2.75, 3.05) is 20.2 Å². The molecule has 3 rings (SSSR count). The number of benzene rings is 1. The Bertz CT molecular complexity index is 558. The molecule has 0 amide bonds. The Labute approximate surface area is 139 Å². The molecule has 1 saturated heterocycles. The molecule has 0 aliphatic carbocycles. The summed E-state index contributed by atoms with van der Waals surface area (Å²) in [5, 5.41) is 20.2. The number of aliphatic hydroxyl groups excluding tert-OH is 2. The molecule has 2 aliphatic heterocycles. The Morgan fingerprint density at radius 3 is 2.78 bits per heavy atom. The summed E-state index contributed by atoms with van der Waals surface area (Å²) in [6, 6.07) is 4.43. The Balaban J connectivity index is 1.87. The molecule has 2 N–H and O–H groups in total. The van der Waals surface area contributed by atoms with Crippen molar-refractivity contribution >= 4 is 0 Å². The molecule has 128 valence electrons. The number of fused-ring (bicyclic) bond motifs is 3. The predicted molar refractivity (Wildman–Crippen MR) is 90.5 cm³/mol. The van der Waals surface area contributed by atoms with Gasteiger partial charge in [0.2, 0.25) is 0 Å². The molecule has 4 nitrogen and oxygen atoms in total. The topological polar surface area (TPSA) is 52.9 Å². The van der Waals surface area contributed by atoms with E-state index in [1.165, 1.54) is 11.1 Å². The Hall–Kier alpha value is -1.10. The third kappa shape index (κ3) is 3.25. The van der Waals surface area contributed by atoms with E-state index in [9.17, 15) is 10.2 Å². The number of nitrogens with zero attached hydrogens (tertiary/aromatic N) is 1. The smallest absolute Gasteiger partial charge is 0.124 e. The molecule has 2 heterocycles. The van der Waals surface area contributed by atoms with Crippen molar-refractivity contribution < 1.29 is 14.9 Å². The zero-order valence-corrected chi connectivity index (χ0v) is 14.5. The van der Waals surface area contributed by atoms with Gasteiger partial charge in [-0.15, -0.1) is 0 Å². The van der Waals surface area contributed by atoms with Gasteiger partial charge in [0.25, 0.3) is 0 Å². The van der Waals surface area contributed by atoms with Gasteiger partial charge in [0.05, 0.1) is 19.8 Å². The van der Waals surface area contributed by atoms with Crippen molar-refractivity contribution in [3.05, 3.63) is 28.8 Å². The molecule has 0 spiro atoms. The molecule has 0 unspecified atom stereocenters. The lowest BCUT2D eigenvalue weighted by Gasteiger charge is -2.46. The van der Waals surface area contributed by atoms with Gasteiger partial charge in [-0.25, -0.2) is 0 Å². The lowest BCUT2D eigenvalue weighted by Crippen LogP contribution is -2.48. The van der Waals surface area contributed by atoms with Crippen molar-refractivity contribution in [1.82, 2.24) is 4.90 Å². The quantitative estimate of drug-likeness (QED) is 0.895. The molecular formula is C19H29NO3. The highest BCUT2D eigenvalue weighted by Gasteiger charge is 2.38. The number of aliphatic hydroxyl groups is 2. The number of methoxy groups -OCH3 is 1. The van der Waals surface area contributed by atoms with E-state index < -0.39 is 0 Å². The first kappa shape index (κ1) is 16.7. The summed E-state index contributed by atoms with van der Waals surface area (Å²) in [5.41, 5.74) is 3.41. The van der Waals surface area contributed by atoms with Crippen LogP contribution < -0.4 is 4.74 Å². The summed E-state index contributed by atoms with van der Waals surface area (Å²) in [6.07, 6.45) is 2.66. The highest BCUT2D eigenvalue weighted by molar-refractivity contribution is 5.45. The second-order valence-corrected chi connectivity index (χ2v) is 7.47. The first-order valence-electron chi connectivity index (χ1n) is 8.76. The maximum Gasteiger partial charge on any atom is 0.124 e. The fourth-order valence-electron chi connectivity index (χ4n) is 4.32. The van der Waals surface area contributed by atoms with Crippen LogP contribution in [0.1, 0.15) is 49.4 Å². The molecule has 0 aromatic heterocycles. The lowest BCUT2D eigenvalue weighted by atomic mass is 9.79. The number of rotatable bonds is 4. The monoisotopic (exact) mass is 319 g/mol. The van der Waals surface area contributed by atoms with Crippen molar-refractivity contribution in [2.45, 2.75) is 51.9 Å². The largest absolute Gasteiger partial charge is 0.496 e. The van der Waals surface area contributed by atoms with Crippen LogP contribution in [-0.2, 0) is 13.0 Å². The van der Waals surface area contributed by atoms with Crippen molar-refractivity contribution in [2.24, 2.45) is 11.8 Å². The molecular weight excluding hydrogens is 290 g/mol. The summed E-state index contributed by atoms with van der Waals surface area (Å²) < 4.78 is 5.40. The van der Waals surface area contributed by atoms with Crippen LogP contribution in [0.2, 0.25) is 0 Å². The van der Waals surface area contributed by atoms with Gasteiger partial charge in [-0.2, -0.15) is 0 Å². The van der Waals surface area contributed by atoms with Crippen LogP contribution >= 0.6 is 0 Å². The lowest BCUT2D eigenvalue weighted by molar-refractivity contribution is -0.0191. The van der Waals surface area contributed by atoms with Gasteiger partial charge in [-0.3, -0.25) is 4.90 Å². The SMILES string of the molecule is COc1cc2c(cc1CO)[C@H]1C[C@H](O)[C@H](CC(C)C)CN1CC2. The van der Waals surface area contributed by atoms with Crippen LogP contribution in [0.5, 0.6) is 5.75 Å². The summed E-state index contributed by atoms with van der Waals surface area (Å²) >= 11 is 0. The van der Waals surface area contributed by atoms with Gasteiger partial charge < -0.3 is 14.9 Å². The Morgan fingerprint density at radius 1 is 1.35 bits per heavy atom. The molecule has 1 aromatic rings. The summed E-state index contributed by atoms with van der Waals surface area (Å²) in [4.78, 5) is 2.52. The molecule has 0 radical (unpaired) electrons. The summed E-state index contributed by atoms with van der Waals surface area (Å²) in [6.45, 7) is 6.46. The van der Waals surface area contributed by atoms with Gasteiger partial charge in [-0.1, -0.05) is 13.8 Å². The third-order valence-electron chi connectivity index (χ3n) is 5.43. The van der Waals surface area contributed by atoms with Gasteiger partial charge in [0.1, 0.15) is 5.75 Å². The van der Waals surface area contributed by atoms with E-state index in [0.717, 1.165) is 43.7 Å². The molecule has 0 saturated carbocycles. The second kappa shape index (κ2) is 6.80. The molecule has 1 fully saturated rings. The predicted octanol–water partition coefficient (Wildman–Crippen LogP) is 2.51. The average Bonchev–Trinajstić information content (AvgIpc) is 2.53. The highest BCUT2D eigenvalue weighted by atomic mass is 16.5. The number of piperidine rings is 1. The maximum absolute atomic E-state index is 10.6. The first-order chi connectivity index (χ1) is 11.0. The van der Waals surface area contributed by atoms with Crippen molar-refractivity contribution in [3.8, 4) is 5.75 Å². The molecule has 2 aliphatic rings. The van der Waals surface area contributed by atoms with E-state index >= 15 is 0 Å². The number of hydrogen-bond donors (Lipinski definition) is 2. The number of hydrogen-bond acceptors (Lipinski definition) is 4. The van der Waals surface area contributed by atoms with Crippen LogP contribution in [0.3, 0.4) is 0 Å². The highest BCUT2D eigenvalue weighted by Crippen LogP contribution is 2.41. The van der Waals surface area contributed by atoms with Gasteiger partial charge in [0.15, 0.2) is 0 Å². The van der Waals surface area contributed by atoms with Gasteiger partial charge in [-0.05, 0) is 54.4 Å². The maximum atomic E-state index is 10.6. The normalized spacial score (nSPS) is 27.7. The van der Waals surface area contributed by atoms with E-state index in [2.05, 4.69) is 30.9 Å². The zero-order valence-electron chi connectivity index (χ0n) is 14.5. The molecule has 0 bridgehead atoms. The zero-order chi connectivity index (χ0) is 16.6. The molecule has 3 atom stereocenters. The minimum atomic E-state index is -0.232. The van der Waals surface area contributed by atoms with Crippen molar-refractivity contribution in [1.29, 1.82) is 0 Å². The van der Waals surface area contributed by atoms with Crippen molar-refractivity contribution in [3.63, 3.8) is 0 Å². The number of ether oxygens (including phenoxy) is 1. The third-order valence-corrected chi connectivity index (χ3v) is 5.43. The minimum Gasteiger partial charge on any atom is -0.496 e. The average molecular weight is 319 g/mol. The van der Waals surface area contributed by atoms with E-state index in [0.29, 0.717) is 11.8 Å². The van der Waals surface area contributed by atoms with Crippen LogP contribution in [0, 0.1) is 11.8 Å².